The largest absolute Gasteiger partial charge is 0.373 e. The summed E-state index contributed by atoms with van der Waals surface area (Å²) in [6, 6.07) is 24.5. The molecular formula is C27H29BO. The van der Waals surface area contributed by atoms with Crippen molar-refractivity contribution in [1.82, 2.24) is 0 Å². The van der Waals surface area contributed by atoms with Crippen molar-refractivity contribution >= 4 is 7.85 Å². The third-order valence-corrected chi connectivity index (χ3v) is 5.63. The minimum Gasteiger partial charge on any atom is -0.373 e. The van der Waals surface area contributed by atoms with Crippen LogP contribution in [0.4, 0.5) is 0 Å². The summed E-state index contributed by atoms with van der Waals surface area (Å²) in [6.45, 7) is 8.48. The lowest BCUT2D eigenvalue weighted by Crippen LogP contribution is -2.31. The maximum absolute atomic E-state index is 6.44. The van der Waals surface area contributed by atoms with Gasteiger partial charge in [0.15, 0.2) is 7.85 Å². The number of fused-ring (bicyclic) bond motifs is 5. The first-order valence-electron chi connectivity index (χ1n) is 10.5. The van der Waals surface area contributed by atoms with Crippen molar-refractivity contribution in [2.75, 3.05) is 0 Å². The molecule has 0 aromatic heterocycles. The van der Waals surface area contributed by atoms with E-state index in [0.29, 0.717) is 0 Å². The van der Waals surface area contributed by atoms with Crippen LogP contribution in [0.15, 0.2) is 78.4 Å². The summed E-state index contributed by atoms with van der Waals surface area (Å²) in [7, 11) is 2.18. The molecule has 1 nitrogen and oxygen atoms in total. The maximum Gasteiger partial charge on any atom is 0.154 e. The molecule has 146 valence electrons. The highest BCUT2D eigenvalue weighted by molar-refractivity contribution is 6.16. The van der Waals surface area contributed by atoms with Crippen molar-refractivity contribution in [1.29, 1.82) is 0 Å². The Morgan fingerprint density at radius 2 is 1.45 bits per heavy atom. The molecule has 0 saturated heterocycles. The molecule has 3 aromatic rings. The number of hydrogen-bond donors (Lipinski definition) is 0. The van der Waals surface area contributed by atoms with Crippen LogP contribution < -0.4 is 0 Å². The average Bonchev–Trinajstić information content (AvgIpc) is 2.81. The zero-order valence-electron chi connectivity index (χ0n) is 18.1. The van der Waals surface area contributed by atoms with E-state index in [4.69, 9.17) is 4.74 Å². The summed E-state index contributed by atoms with van der Waals surface area (Å²) in [4.78, 5) is 0. The molecule has 4 rings (SSSR count). The van der Waals surface area contributed by atoms with Gasteiger partial charge in [-0.2, -0.15) is 0 Å². The molecule has 2 heteroatoms. The summed E-state index contributed by atoms with van der Waals surface area (Å²) in [5.41, 5.74) is 10.0. The predicted molar refractivity (Wildman–Crippen MR) is 126 cm³/mol. The maximum atomic E-state index is 6.44. The second kappa shape index (κ2) is 7.69. The van der Waals surface area contributed by atoms with Crippen LogP contribution in [0, 0.1) is 0 Å². The van der Waals surface area contributed by atoms with Gasteiger partial charge in [-0.05, 0) is 79.1 Å². The van der Waals surface area contributed by atoms with Gasteiger partial charge in [0.05, 0.1) is 11.6 Å². The van der Waals surface area contributed by atoms with E-state index in [0.717, 1.165) is 6.42 Å². The monoisotopic (exact) mass is 380 g/mol. The van der Waals surface area contributed by atoms with Crippen LogP contribution >= 0.6 is 0 Å². The van der Waals surface area contributed by atoms with Gasteiger partial charge < -0.3 is 4.74 Å². The third kappa shape index (κ3) is 3.82. The molecule has 1 atom stereocenters. The third-order valence-electron chi connectivity index (χ3n) is 5.63. The van der Waals surface area contributed by atoms with Gasteiger partial charge in [-0.15, -0.1) is 0 Å². The lowest BCUT2D eigenvalue weighted by atomic mass is 9.73. The Morgan fingerprint density at radius 1 is 0.862 bits per heavy atom. The summed E-state index contributed by atoms with van der Waals surface area (Å²) < 4.78 is 6.44. The molecule has 0 fully saturated rings. The first kappa shape index (κ1) is 19.7. The minimum atomic E-state index is -0.456. The molecular weight excluding hydrogens is 351 g/mol. The van der Waals surface area contributed by atoms with Crippen LogP contribution in [0.1, 0.15) is 44.4 Å². The molecule has 0 spiro atoms. The van der Waals surface area contributed by atoms with Gasteiger partial charge in [0, 0.05) is 0 Å². The van der Waals surface area contributed by atoms with Crippen LogP contribution in [0.5, 0.6) is 0 Å². The molecule has 1 aliphatic carbocycles. The van der Waals surface area contributed by atoms with E-state index in [2.05, 4.69) is 108 Å². The molecule has 0 aliphatic heterocycles. The zero-order valence-corrected chi connectivity index (χ0v) is 18.1. The number of ether oxygens (including phenoxy) is 1. The fraction of sp³-hybridized carbons (Fsp3) is 0.259. The second-order valence-electron chi connectivity index (χ2n) is 8.75. The van der Waals surface area contributed by atoms with Crippen LogP contribution in [0.3, 0.4) is 0 Å². The van der Waals surface area contributed by atoms with E-state index in [9.17, 15) is 0 Å². The second-order valence-corrected chi connectivity index (χ2v) is 8.75. The topological polar surface area (TPSA) is 9.23 Å². The molecule has 0 N–H and O–H groups in total. The Bertz CT molecular complexity index is 1080. The van der Waals surface area contributed by atoms with Crippen molar-refractivity contribution in [3.05, 3.63) is 95.1 Å². The fourth-order valence-electron chi connectivity index (χ4n) is 4.62. The number of benzene rings is 3. The van der Waals surface area contributed by atoms with Gasteiger partial charge in [-0.1, -0.05) is 72.3 Å². The van der Waals surface area contributed by atoms with Crippen molar-refractivity contribution in [3.63, 3.8) is 0 Å². The van der Waals surface area contributed by atoms with Gasteiger partial charge in [-0.25, -0.2) is 0 Å². The zero-order chi connectivity index (χ0) is 20.6. The highest BCUT2D eigenvalue weighted by atomic mass is 16.5. The van der Waals surface area contributed by atoms with E-state index >= 15 is 0 Å². The van der Waals surface area contributed by atoms with Gasteiger partial charge in [-0.3, -0.25) is 0 Å². The molecule has 0 radical (unpaired) electrons. The SMILES string of the molecule is BC(C=C(C)C)(OC(C)C)c1ccc2c(c1)-c1ccccc1Cc1ccccc1-2. The first-order chi connectivity index (χ1) is 13.9. The van der Waals surface area contributed by atoms with Crippen LogP contribution in [-0.4, -0.2) is 14.0 Å². The normalized spacial score (nSPS) is 14.2. The lowest BCUT2D eigenvalue weighted by Gasteiger charge is -2.31. The van der Waals surface area contributed by atoms with E-state index in [-0.39, 0.29) is 6.10 Å². The Hall–Kier alpha value is -2.58. The van der Waals surface area contributed by atoms with Crippen molar-refractivity contribution in [3.8, 4) is 22.3 Å². The van der Waals surface area contributed by atoms with E-state index in [1.54, 1.807) is 0 Å². The number of allylic oxidation sites excluding steroid dienone is 1. The van der Waals surface area contributed by atoms with Crippen molar-refractivity contribution in [2.45, 2.75) is 45.7 Å². The minimum absolute atomic E-state index is 0.141. The number of hydrogen-bond acceptors (Lipinski definition) is 1. The van der Waals surface area contributed by atoms with E-state index in [1.807, 2.05) is 0 Å². The Balaban J connectivity index is 1.97. The van der Waals surface area contributed by atoms with Crippen molar-refractivity contribution < 1.29 is 4.74 Å². The lowest BCUT2D eigenvalue weighted by molar-refractivity contribution is 0.00383. The summed E-state index contributed by atoms with van der Waals surface area (Å²) in [5, 5.41) is 0. The molecule has 3 aromatic carbocycles. The highest BCUT2D eigenvalue weighted by Crippen LogP contribution is 2.42. The molecule has 0 saturated carbocycles. The van der Waals surface area contributed by atoms with E-state index in [1.165, 1.54) is 44.5 Å². The molecule has 1 unspecified atom stereocenters. The van der Waals surface area contributed by atoms with E-state index < -0.39 is 5.50 Å². The van der Waals surface area contributed by atoms with Crippen molar-refractivity contribution in [2.24, 2.45) is 0 Å². The standard InChI is InChI=1S/C27H29BO/c1-18(2)17-27(28,29-19(3)4)22-13-14-25-23-11-7-5-9-20(23)15-21-10-6-8-12-24(21)26(25)16-22/h5-14,16-17,19H,15,28H2,1-4H3. The Kier molecular flexibility index (Phi) is 5.23. The highest BCUT2D eigenvalue weighted by Gasteiger charge is 2.28. The number of rotatable bonds is 4. The molecule has 1 aliphatic rings. The summed E-state index contributed by atoms with van der Waals surface area (Å²) in [6.07, 6.45) is 3.34. The van der Waals surface area contributed by atoms with Crippen LogP contribution in [0.25, 0.3) is 22.3 Å². The predicted octanol–water partition coefficient (Wildman–Crippen LogP) is 6.10. The van der Waals surface area contributed by atoms with Gasteiger partial charge in [0.2, 0.25) is 0 Å². The molecule has 0 bridgehead atoms. The molecule has 0 heterocycles. The summed E-state index contributed by atoms with van der Waals surface area (Å²) >= 11 is 0. The first-order valence-corrected chi connectivity index (χ1v) is 10.5. The smallest absolute Gasteiger partial charge is 0.154 e. The van der Waals surface area contributed by atoms with Crippen LogP contribution in [-0.2, 0) is 16.7 Å². The van der Waals surface area contributed by atoms with Gasteiger partial charge in [0.25, 0.3) is 0 Å². The molecule has 0 amide bonds. The fourth-order valence-corrected chi connectivity index (χ4v) is 4.62. The molecule has 29 heavy (non-hydrogen) atoms. The summed E-state index contributed by atoms with van der Waals surface area (Å²) in [5.74, 6) is 0. The Morgan fingerprint density at radius 3 is 2.03 bits per heavy atom. The van der Waals surface area contributed by atoms with Gasteiger partial charge in [0.1, 0.15) is 0 Å². The van der Waals surface area contributed by atoms with Gasteiger partial charge >= 0.3 is 0 Å². The quantitative estimate of drug-likeness (QED) is 0.307. The van der Waals surface area contributed by atoms with Crippen LogP contribution in [0.2, 0.25) is 0 Å². The average molecular weight is 380 g/mol. The Labute approximate surface area is 175 Å².